The summed E-state index contributed by atoms with van der Waals surface area (Å²) in [6.07, 6.45) is 0.119. The molecule has 0 bridgehead atoms. The Kier molecular flexibility index (Phi) is 6.59. The van der Waals surface area contributed by atoms with E-state index in [-0.39, 0.29) is 18.4 Å². The lowest BCUT2D eigenvalue weighted by Gasteiger charge is -2.15. The summed E-state index contributed by atoms with van der Waals surface area (Å²) in [5.74, 6) is -1.11. The minimum atomic E-state index is -0.401. The van der Waals surface area contributed by atoms with Gasteiger partial charge in [0.05, 0.1) is 11.9 Å². The van der Waals surface area contributed by atoms with Gasteiger partial charge in [-0.2, -0.15) is 0 Å². The van der Waals surface area contributed by atoms with E-state index in [9.17, 15) is 14.0 Å². The molecule has 0 saturated heterocycles. The highest BCUT2D eigenvalue weighted by Gasteiger charge is 2.18. The molecule has 5 aromatic rings. The van der Waals surface area contributed by atoms with E-state index in [1.165, 1.54) is 24.3 Å². The van der Waals surface area contributed by atoms with Crippen LogP contribution in [0.25, 0.3) is 32.9 Å². The molecular formula is C31H29FN4O2. The van der Waals surface area contributed by atoms with Gasteiger partial charge in [0, 0.05) is 39.3 Å². The van der Waals surface area contributed by atoms with E-state index in [4.69, 9.17) is 5.73 Å². The molecule has 38 heavy (non-hydrogen) atoms. The Morgan fingerprint density at radius 3 is 2.45 bits per heavy atom. The van der Waals surface area contributed by atoms with E-state index in [2.05, 4.69) is 41.6 Å². The van der Waals surface area contributed by atoms with Crippen LogP contribution < -0.4 is 16.4 Å². The summed E-state index contributed by atoms with van der Waals surface area (Å²) in [5.41, 5.74) is 13.0. The third-order valence-electron chi connectivity index (χ3n) is 6.64. The van der Waals surface area contributed by atoms with Crippen LogP contribution in [0.2, 0.25) is 0 Å². The average Bonchev–Trinajstić information content (AvgIpc) is 3.25. The molecule has 0 unspecified atom stereocenters. The van der Waals surface area contributed by atoms with Crippen LogP contribution in [0.15, 0.2) is 72.8 Å². The minimum Gasteiger partial charge on any atom is -0.383 e. The number of benzene rings is 4. The predicted molar refractivity (Wildman–Crippen MR) is 152 cm³/mol. The van der Waals surface area contributed by atoms with E-state index < -0.39 is 11.7 Å². The predicted octanol–water partition coefficient (Wildman–Crippen LogP) is 6.54. The molecule has 0 aliphatic carbocycles. The molecular weight excluding hydrogens is 479 g/mol. The van der Waals surface area contributed by atoms with Gasteiger partial charge in [0.1, 0.15) is 5.82 Å². The fourth-order valence-corrected chi connectivity index (χ4v) is 4.91. The molecule has 0 spiro atoms. The number of aromatic amines is 1. The van der Waals surface area contributed by atoms with Crippen LogP contribution in [0, 0.1) is 12.7 Å². The maximum atomic E-state index is 13.3. The van der Waals surface area contributed by atoms with Crippen LogP contribution in [0.5, 0.6) is 0 Å². The zero-order valence-electron chi connectivity index (χ0n) is 21.5. The van der Waals surface area contributed by atoms with Gasteiger partial charge in [-0.3, -0.25) is 9.59 Å². The Balaban J connectivity index is 1.64. The van der Waals surface area contributed by atoms with Gasteiger partial charge in [-0.15, -0.1) is 0 Å². The average molecular weight is 509 g/mol. The summed E-state index contributed by atoms with van der Waals surface area (Å²) in [6, 6.07) is 21.6. The first-order chi connectivity index (χ1) is 18.2. The van der Waals surface area contributed by atoms with Gasteiger partial charge in [0.2, 0.25) is 5.91 Å². The van der Waals surface area contributed by atoms with Gasteiger partial charge in [0.25, 0.3) is 5.91 Å². The molecule has 2 amide bonds. The fraction of sp³-hybridized carbons (Fsp3) is 0.161. The monoisotopic (exact) mass is 508 g/mol. The Labute approximate surface area is 220 Å². The Hall–Kier alpha value is -4.65. The summed E-state index contributed by atoms with van der Waals surface area (Å²) in [6.45, 7) is 6.13. The molecule has 4 aromatic carbocycles. The molecule has 1 heterocycles. The smallest absolute Gasteiger partial charge is 0.255 e. The topological polar surface area (TPSA) is 100 Å². The number of rotatable bonds is 7. The van der Waals surface area contributed by atoms with Crippen LogP contribution in [-0.2, 0) is 11.2 Å². The second-order valence-electron chi connectivity index (χ2n) is 9.79. The van der Waals surface area contributed by atoms with Crippen molar-refractivity contribution in [3.63, 3.8) is 0 Å². The molecule has 0 aliphatic heterocycles. The van der Waals surface area contributed by atoms with Crippen molar-refractivity contribution >= 4 is 45.0 Å². The van der Waals surface area contributed by atoms with Gasteiger partial charge in [-0.1, -0.05) is 30.3 Å². The van der Waals surface area contributed by atoms with E-state index in [1.807, 2.05) is 43.3 Å². The van der Waals surface area contributed by atoms with Crippen LogP contribution >= 0.6 is 0 Å². The second-order valence-corrected chi connectivity index (χ2v) is 9.79. The van der Waals surface area contributed by atoms with Crippen LogP contribution in [0.1, 0.15) is 35.3 Å². The standard InChI is InChI=1S/C31H29FN4O2/c1-17(2)34-22-12-14-25-27(16-22)35-30-20(15-28(33)37)9-13-24(29(25)30)23-5-4-6-26(18(23)3)36-31(38)19-7-10-21(32)11-8-19/h4-14,16-17,34-35H,15H2,1-3H3,(H2,33,37)(H,36,38). The van der Waals surface area contributed by atoms with Crippen LogP contribution in [0.3, 0.4) is 0 Å². The van der Waals surface area contributed by atoms with E-state index in [0.29, 0.717) is 11.3 Å². The molecule has 7 heteroatoms. The largest absolute Gasteiger partial charge is 0.383 e. The first kappa shape index (κ1) is 25.0. The number of nitrogens with two attached hydrogens (primary N) is 1. The Morgan fingerprint density at radius 1 is 0.974 bits per heavy atom. The zero-order chi connectivity index (χ0) is 27.0. The molecule has 0 saturated carbocycles. The van der Waals surface area contributed by atoms with Gasteiger partial charge in [-0.25, -0.2) is 4.39 Å². The van der Waals surface area contributed by atoms with E-state index >= 15 is 0 Å². The van der Waals surface area contributed by atoms with Crippen LogP contribution in [0.4, 0.5) is 15.8 Å². The Morgan fingerprint density at radius 2 is 1.74 bits per heavy atom. The molecule has 1 aromatic heterocycles. The first-order valence-electron chi connectivity index (χ1n) is 12.5. The lowest BCUT2D eigenvalue weighted by molar-refractivity contribution is -0.117. The fourth-order valence-electron chi connectivity index (χ4n) is 4.91. The van der Waals surface area contributed by atoms with Crippen molar-refractivity contribution in [2.45, 2.75) is 33.2 Å². The molecule has 192 valence electrons. The number of aromatic nitrogens is 1. The molecule has 0 radical (unpaired) electrons. The number of fused-ring (bicyclic) bond motifs is 3. The number of halogens is 1. The number of anilines is 2. The van der Waals surface area contributed by atoms with E-state index in [1.54, 1.807) is 0 Å². The lowest BCUT2D eigenvalue weighted by Crippen LogP contribution is -2.14. The summed E-state index contributed by atoms with van der Waals surface area (Å²) < 4.78 is 13.3. The second kappa shape index (κ2) is 10.0. The number of H-pyrrole nitrogens is 1. The molecule has 0 aliphatic rings. The van der Waals surface area contributed by atoms with Crippen molar-refractivity contribution in [2.24, 2.45) is 5.73 Å². The van der Waals surface area contributed by atoms with Crippen molar-refractivity contribution < 1.29 is 14.0 Å². The van der Waals surface area contributed by atoms with Gasteiger partial charge >= 0.3 is 0 Å². The summed E-state index contributed by atoms with van der Waals surface area (Å²) >= 11 is 0. The highest BCUT2D eigenvalue weighted by Crippen LogP contribution is 2.40. The molecule has 0 atom stereocenters. The number of hydrogen-bond acceptors (Lipinski definition) is 3. The van der Waals surface area contributed by atoms with Gasteiger partial charge in [0.15, 0.2) is 0 Å². The third-order valence-corrected chi connectivity index (χ3v) is 6.64. The summed E-state index contributed by atoms with van der Waals surface area (Å²) in [4.78, 5) is 28.2. The molecule has 5 N–H and O–H groups in total. The number of amides is 2. The quantitative estimate of drug-likeness (QED) is 0.201. The zero-order valence-corrected chi connectivity index (χ0v) is 21.5. The maximum Gasteiger partial charge on any atom is 0.255 e. The van der Waals surface area contributed by atoms with Crippen molar-refractivity contribution in [3.8, 4) is 11.1 Å². The lowest BCUT2D eigenvalue weighted by atomic mass is 9.92. The van der Waals surface area contributed by atoms with Crippen LogP contribution in [-0.4, -0.2) is 22.8 Å². The van der Waals surface area contributed by atoms with Crippen molar-refractivity contribution in [1.29, 1.82) is 0 Å². The van der Waals surface area contributed by atoms with Crippen molar-refractivity contribution in [3.05, 3.63) is 95.3 Å². The molecule has 6 nitrogen and oxygen atoms in total. The summed E-state index contributed by atoms with van der Waals surface area (Å²) in [5, 5.41) is 8.40. The van der Waals surface area contributed by atoms with Crippen molar-refractivity contribution in [2.75, 3.05) is 10.6 Å². The SMILES string of the molecule is Cc1c(NC(=O)c2ccc(F)cc2)cccc1-c1ccc(CC(N)=O)c2[nH]c3cc(NC(C)C)ccc3c12. The van der Waals surface area contributed by atoms with Gasteiger partial charge < -0.3 is 21.4 Å². The Bertz CT molecular complexity index is 1690. The van der Waals surface area contributed by atoms with E-state index in [0.717, 1.165) is 49.7 Å². The normalized spacial score (nSPS) is 11.3. The van der Waals surface area contributed by atoms with Gasteiger partial charge in [-0.05, 0) is 85.5 Å². The highest BCUT2D eigenvalue weighted by atomic mass is 19.1. The number of nitrogens with one attached hydrogen (secondary N) is 3. The number of hydrogen-bond donors (Lipinski definition) is 4. The number of carbonyl (C=O) groups excluding carboxylic acids is 2. The first-order valence-corrected chi connectivity index (χ1v) is 12.5. The molecule has 0 fully saturated rings. The van der Waals surface area contributed by atoms with Crippen molar-refractivity contribution in [1.82, 2.24) is 4.98 Å². The minimum absolute atomic E-state index is 0.119. The third kappa shape index (κ3) is 4.83. The maximum absolute atomic E-state index is 13.3. The summed E-state index contributed by atoms with van der Waals surface area (Å²) in [7, 11) is 0. The molecule has 5 rings (SSSR count). The number of carbonyl (C=O) groups is 2. The highest BCUT2D eigenvalue weighted by molar-refractivity contribution is 6.16. The number of primary amides is 1.